The van der Waals surface area contributed by atoms with Crippen molar-refractivity contribution in [1.82, 2.24) is 0 Å². The molecule has 1 nitrogen and oxygen atoms in total. The summed E-state index contributed by atoms with van der Waals surface area (Å²) in [6.45, 7) is 4.84. The smallest absolute Gasteiger partial charge is 0.0720 e. The highest BCUT2D eigenvalue weighted by molar-refractivity contribution is 5.91. The second-order valence-electron chi connectivity index (χ2n) is 14.9. The van der Waals surface area contributed by atoms with E-state index in [-0.39, 0.29) is 5.41 Å². The monoisotopic (exact) mass is 677 g/mol. The summed E-state index contributed by atoms with van der Waals surface area (Å²) in [4.78, 5) is 2.48. The van der Waals surface area contributed by atoms with Gasteiger partial charge in [0.05, 0.1) is 11.1 Å². The summed E-state index contributed by atoms with van der Waals surface area (Å²) in [7, 11) is 0. The highest BCUT2D eigenvalue weighted by Crippen LogP contribution is 2.63. The third-order valence-corrected chi connectivity index (χ3v) is 11.7. The molecule has 0 amide bonds. The van der Waals surface area contributed by atoms with Crippen LogP contribution in [0.3, 0.4) is 0 Å². The lowest BCUT2D eigenvalue weighted by Gasteiger charge is -2.48. The molecular formula is C52H39N. The number of benzene rings is 8. The second kappa shape index (κ2) is 12.1. The third kappa shape index (κ3) is 4.64. The topological polar surface area (TPSA) is 3.24 Å². The maximum absolute atomic E-state index is 2.48. The molecule has 0 aliphatic heterocycles. The Morgan fingerprint density at radius 2 is 0.792 bits per heavy atom. The minimum atomic E-state index is -0.449. The Balaban J connectivity index is 1.22. The van der Waals surface area contributed by atoms with Crippen molar-refractivity contribution < 1.29 is 0 Å². The van der Waals surface area contributed by atoms with E-state index >= 15 is 0 Å². The highest BCUT2D eigenvalue weighted by atomic mass is 15.1. The fourth-order valence-corrected chi connectivity index (χ4v) is 9.46. The molecule has 0 saturated heterocycles. The van der Waals surface area contributed by atoms with Crippen molar-refractivity contribution in [2.24, 2.45) is 0 Å². The number of anilines is 3. The molecule has 1 heteroatoms. The van der Waals surface area contributed by atoms with Crippen LogP contribution < -0.4 is 4.90 Å². The average molecular weight is 678 g/mol. The molecule has 0 fully saturated rings. The quantitative estimate of drug-likeness (QED) is 0.175. The molecule has 8 aromatic carbocycles. The van der Waals surface area contributed by atoms with Gasteiger partial charge >= 0.3 is 0 Å². The molecule has 0 saturated carbocycles. The number of rotatable bonds is 5. The summed E-state index contributed by atoms with van der Waals surface area (Å²) < 4.78 is 0. The van der Waals surface area contributed by atoms with E-state index in [0.29, 0.717) is 0 Å². The fourth-order valence-electron chi connectivity index (χ4n) is 9.46. The molecule has 252 valence electrons. The Morgan fingerprint density at radius 1 is 0.340 bits per heavy atom. The Morgan fingerprint density at radius 3 is 1.45 bits per heavy atom. The van der Waals surface area contributed by atoms with Gasteiger partial charge in [-0.15, -0.1) is 0 Å². The van der Waals surface area contributed by atoms with Crippen molar-refractivity contribution in [3.63, 3.8) is 0 Å². The van der Waals surface area contributed by atoms with Gasteiger partial charge < -0.3 is 4.90 Å². The first-order valence-corrected chi connectivity index (χ1v) is 18.6. The summed E-state index contributed by atoms with van der Waals surface area (Å²) >= 11 is 0. The van der Waals surface area contributed by atoms with E-state index in [4.69, 9.17) is 0 Å². The number of para-hydroxylation sites is 1. The van der Waals surface area contributed by atoms with Gasteiger partial charge in [-0.25, -0.2) is 0 Å². The first-order chi connectivity index (χ1) is 26.1. The number of hydrogen-bond donors (Lipinski definition) is 0. The predicted molar refractivity (Wildman–Crippen MR) is 221 cm³/mol. The largest absolute Gasteiger partial charge is 0.310 e. The number of nitrogens with zero attached hydrogens (tertiary/aromatic N) is 1. The maximum Gasteiger partial charge on any atom is 0.0720 e. The second-order valence-corrected chi connectivity index (χ2v) is 14.9. The van der Waals surface area contributed by atoms with Gasteiger partial charge in [0.2, 0.25) is 0 Å². The van der Waals surface area contributed by atoms with Crippen LogP contribution in [0.5, 0.6) is 0 Å². The highest BCUT2D eigenvalue weighted by Gasteiger charge is 2.54. The lowest BCUT2D eigenvalue weighted by molar-refractivity contribution is 0.564. The van der Waals surface area contributed by atoms with Gasteiger partial charge in [-0.2, -0.15) is 0 Å². The normalized spacial score (nSPS) is 14.2. The molecule has 0 bridgehead atoms. The fraction of sp³-hybridized carbons (Fsp3) is 0.0769. The zero-order chi connectivity index (χ0) is 35.6. The van der Waals surface area contributed by atoms with Gasteiger partial charge in [0.1, 0.15) is 0 Å². The molecule has 2 aliphatic rings. The molecule has 0 heterocycles. The zero-order valence-electron chi connectivity index (χ0n) is 30.0. The van der Waals surface area contributed by atoms with Crippen LogP contribution in [-0.2, 0) is 10.8 Å². The SMILES string of the molecule is CC1(C)c2ccccc2C2(c3ccccc3-c3ccccc32)c2cccc(N(c3ccccc3)c3cccc(-c4ccc(-c5ccccc5)cc4)c3)c21. The van der Waals surface area contributed by atoms with E-state index in [1.54, 1.807) is 0 Å². The van der Waals surface area contributed by atoms with Crippen molar-refractivity contribution in [2.45, 2.75) is 24.7 Å². The first-order valence-electron chi connectivity index (χ1n) is 18.6. The van der Waals surface area contributed by atoms with E-state index in [1.165, 1.54) is 72.4 Å². The summed E-state index contributed by atoms with van der Waals surface area (Å²) in [5.41, 5.74) is 18.4. The van der Waals surface area contributed by atoms with Crippen LogP contribution in [-0.4, -0.2) is 0 Å². The summed E-state index contributed by atoms with van der Waals surface area (Å²) in [5.74, 6) is 0. The Hall–Kier alpha value is -6.44. The summed E-state index contributed by atoms with van der Waals surface area (Å²) in [6.07, 6.45) is 0. The van der Waals surface area contributed by atoms with Crippen molar-refractivity contribution >= 4 is 17.1 Å². The Bertz CT molecular complexity index is 2590. The van der Waals surface area contributed by atoms with Crippen LogP contribution in [0.2, 0.25) is 0 Å². The standard InChI is InChI=1S/C52H39N/c1-51(2)46-27-13-14-28-47(46)52(44-25-11-9-23-42(44)43-24-10-12-26-45(43)52)48-29-16-30-49(50(48)51)53(40-20-7-4-8-21-40)41-22-15-19-39(35-41)38-33-31-37(32-34-38)36-17-5-3-6-18-36/h3-35H,1-2H3. The van der Waals surface area contributed by atoms with Gasteiger partial charge in [-0.1, -0.05) is 184 Å². The third-order valence-electron chi connectivity index (χ3n) is 11.7. The predicted octanol–water partition coefficient (Wildman–Crippen LogP) is 13.5. The van der Waals surface area contributed by atoms with Gasteiger partial charge in [0.25, 0.3) is 0 Å². The van der Waals surface area contributed by atoms with Gasteiger partial charge in [-0.3, -0.25) is 0 Å². The zero-order valence-corrected chi connectivity index (χ0v) is 30.0. The molecular weight excluding hydrogens is 639 g/mol. The minimum absolute atomic E-state index is 0.293. The molecule has 10 rings (SSSR count). The Labute approximate surface area is 312 Å². The van der Waals surface area contributed by atoms with Gasteiger partial charge in [-0.05, 0) is 97.1 Å². The summed E-state index contributed by atoms with van der Waals surface area (Å²) in [5, 5.41) is 0. The van der Waals surface area contributed by atoms with Crippen molar-refractivity contribution in [2.75, 3.05) is 4.90 Å². The lowest BCUT2D eigenvalue weighted by atomic mass is 9.55. The van der Waals surface area contributed by atoms with E-state index in [9.17, 15) is 0 Å². The van der Waals surface area contributed by atoms with Crippen LogP contribution in [0.4, 0.5) is 17.1 Å². The maximum atomic E-state index is 2.48. The molecule has 53 heavy (non-hydrogen) atoms. The number of hydrogen-bond acceptors (Lipinski definition) is 1. The van der Waals surface area contributed by atoms with Crippen LogP contribution in [0.15, 0.2) is 200 Å². The molecule has 0 radical (unpaired) electrons. The summed E-state index contributed by atoms with van der Waals surface area (Å²) in [6, 6.07) is 73.8. The molecule has 0 atom stereocenters. The molecule has 0 N–H and O–H groups in total. The Kier molecular flexibility index (Phi) is 7.13. The van der Waals surface area contributed by atoms with E-state index < -0.39 is 5.41 Å². The number of fused-ring (bicyclic) bond motifs is 9. The molecule has 0 unspecified atom stereocenters. The van der Waals surface area contributed by atoms with Gasteiger partial charge in [0, 0.05) is 16.8 Å². The van der Waals surface area contributed by atoms with Crippen molar-refractivity contribution in [3.8, 4) is 33.4 Å². The molecule has 0 aromatic heterocycles. The van der Waals surface area contributed by atoms with E-state index in [0.717, 1.165) is 11.4 Å². The molecule has 1 spiro atoms. The molecule has 8 aromatic rings. The van der Waals surface area contributed by atoms with Crippen LogP contribution in [0, 0.1) is 0 Å². The van der Waals surface area contributed by atoms with Crippen molar-refractivity contribution in [3.05, 3.63) is 234 Å². The average Bonchev–Trinajstić information content (AvgIpc) is 3.52. The van der Waals surface area contributed by atoms with Crippen LogP contribution >= 0.6 is 0 Å². The van der Waals surface area contributed by atoms with Gasteiger partial charge in [0.15, 0.2) is 0 Å². The van der Waals surface area contributed by atoms with E-state index in [2.05, 4.69) is 219 Å². The molecule has 2 aliphatic carbocycles. The van der Waals surface area contributed by atoms with Crippen molar-refractivity contribution in [1.29, 1.82) is 0 Å². The minimum Gasteiger partial charge on any atom is -0.310 e. The van der Waals surface area contributed by atoms with E-state index in [1.807, 2.05) is 0 Å². The first kappa shape index (κ1) is 31.3. The van der Waals surface area contributed by atoms with Crippen LogP contribution in [0.1, 0.15) is 47.2 Å². The lowest BCUT2D eigenvalue weighted by Crippen LogP contribution is -2.41. The van der Waals surface area contributed by atoms with Crippen LogP contribution in [0.25, 0.3) is 33.4 Å².